The van der Waals surface area contributed by atoms with Crippen LogP contribution in [0.2, 0.25) is 0 Å². The van der Waals surface area contributed by atoms with E-state index in [0.29, 0.717) is 5.92 Å². The molecule has 0 N–H and O–H groups in total. The molecule has 1 rings (SSSR count). The number of halogens is 2. The topological polar surface area (TPSA) is 0 Å². The van der Waals surface area contributed by atoms with Crippen molar-refractivity contribution in [2.45, 2.75) is 27.2 Å². The second-order valence-electron chi connectivity index (χ2n) is 2.84. The third-order valence-corrected chi connectivity index (χ3v) is 2.00. The van der Waals surface area contributed by atoms with Crippen LogP contribution >= 0.6 is 17.0 Å². The first-order valence-corrected chi connectivity index (χ1v) is 10.3. The summed E-state index contributed by atoms with van der Waals surface area (Å²) in [5.41, 5.74) is 3.01. The van der Waals surface area contributed by atoms with Gasteiger partial charge in [0.2, 0.25) is 0 Å². The molecule has 0 aliphatic heterocycles. The van der Waals surface area contributed by atoms with E-state index in [-0.39, 0.29) is 0 Å². The van der Waals surface area contributed by atoms with Crippen LogP contribution in [0.15, 0.2) is 23.3 Å². The summed E-state index contributed by atoms with van der Waals surface area (Å²) in [6, 6.07) is 0. The van der Waals surface area contributed by atoms with E-state index in [1.165, 1.54) is 17.6 Å². The molecule has 0 aromatic rings. The summed E-state index contributed by atoms with van der Waals surface area (Å²) in [7, 11) is 9.87. The molecule has 3 heteroatoms. The summed E-state index contributed by atoms with van der Waals surface area (Å²) >= 11 is -0.826. The molecule has 0 radical (unpaired) electrons. The summed E-state index contributed by atoms with van der Waals surface area (Å²) in [6.07, 6.45) is 5.82. The summed E-state index contributed by atoms with van der Waals surface area (Å²) in [5.74, 6) is 0.694. The van der Waals surface area contributed by atoms with Gasteiger partial charge in [-0.05, 0) is 19.3 Å². The van der Waals surface area contributed by atoms with E-state index in [0.717, 1.165) is 0 Å². The Morgan fingerprint density at radius 2 is 2.00 bits per heavy atom. The molecule has 0 saturated heterocycles. The minimum atomic E-state index is -0.826. The van der Waals surface area contributed by atoms with E-state index in [1.807, 2.05) is 0 Å². The van der Waals surface area contributed by atoms with Crippen LogP contribution in [0.25, 0.3) is 0 Å². The molecule has 1 aliphatic carbocycles. The van der Waals surface area contributed by atoms with Crippen LogP contribution in [-0.2, 0) is 20.8 Å². The third kappa shape index (κ3) is 4.85. The first-order valence-electron chi connectivity index (χ1n) is 4.00. The fraction of sp³-hybridized carbons (Fsp3) is 0.556. The van der Waals surface area contributed by atoms with Crippen LogP contribution in [0, 0.1) is 5.92 Å². The number of allylic oxidation sites excluding steroid dienone is 4. The maximum absolute atomic E-state index is 4.93. The molecule has 0 aromatic carbocycles. The zero-order valence-corrected chi connectivity index (χ0v) is 11.7. The molecule has 0 saturated carbocycles. The predicted octanol–water partition coefficient (Wildman–Crippen LogP) is 4.30. The van der Waals surface area contributed by atoms with Gasteiger partial charge in [0.05, 0.1) is 0 Å². The van der Waals surface area contributed by atoms with Crippen molar-refractivity contribution in [3.05, 3.63) is 23.3 Å². The summed E-state index contributed by atoms with van der Waals surface area (Å²) < 4.78 is 0. The van der Waals surface area contributed by atoms with Gasteiger partial charge in [0, 0.05) is 0 Å². The van der Waals surface area contributed by atoms with Crippen molar-refractivity contribution in [2.24, 2.45) is 5.92 Å². The van der Waals surface area contributed by atoms with E-state index in [2.05, 4.69) is 32.9 Å². The Bertz CT molecular complexity index is 185. The molecule has 0 nitrogen and oxygen atoms in total. The third-order valence-electron chi connectivity index (χ3n) is 2.00. The molecule has 68 valence electrons. The molecule has 0 spiro atoms. The van der Waals surface area contributed by atoms with Gasteiger partial charge >= 0.3 is 37.9 Å². The van der Waals surface area contributed by atoms with E-state index in [9.17, 15) is 0 Å². The van der Waals surface area contributed by atoms with E-state index in [4.69, 9.17) is 17.0 Å². The van der Waals surface area contributed by atoms with Crippen LogP contribution in [0.3, 0.4) is 0 Å². The zero-order valence-electron chi connectivity index (χ0n) is 7.70. The number of hydrogen-bond donors (Lipinski definition) is 0. The number of hydrogen-bond acceptors (Lipinski definition) is 0. The summed E-state index contributed by atoms with van der Waals surface area (Å²) in [5, 5.41) is 0. The molecule has 12 heavy (non-hydrogen) atoms. The Balaban J connectivity index is 0.000000354. The SMILES string of the molecule is CCC1=CC(C)C(C)=C1.[Cl][Zr][Cl]. The molecular weight excluding hydrogens is 270 g/mol. The van der Waals surface area contributed by atoms with Gasteiger partial charge < -0.3 is 0 Å². The fourth-order valence-electron chi connectivity index (χ4n) is 1.14. The minimum absolute atomic E-state index is 0.694. The van der Waals surface area contributed by atoms with Crippen molar-refractivity contribution in [1.29, 1.82) is 0 Å². The Kier molecular flexibility index (Phi) is 7.93. The van der Waals surface area contributed by atoms with Crippen molar-refractivity contribution in [1.82, 2.24) is 0 Å². The molecule has 0 heterocycles. The Morgan fingerprint density at radius 3 is 2.17 bits per heavy atom. The second kappa shape index (κ2) is 7.36. The van der Waals surface area contributed by atoms with Gasteiger partial charge in [-0.2, -0.15) is 0 Å². The predicted molar refractivity (Wildman–Crippen MR) is 53.0 cm³/mol. The van der Waals surface area contributed by atoms with Gasteiger partial charge in [-0.15, -0.1) is 0 Å². The first-order chi connectivity index (χ1) is 5.65. The van der Waals surface area contributed by atoms with Crippen LogP contribution in [-0.4, -0.2) is 0 Å². The van der Waals surface area contributed by atoms with Crippen molar-refractivity contribution in [3.8, 4) is 0 Å². The molecule has 0 amide bonds. The van der Waals surface area contributed by atoms with Crippen molar-refractivity contribution < 1.29 is 20.8 Å². The van der Waals surface area contributed by atoms with Crippen LogP contribution < -0.4 is 0 Å². The molecule has 1 unspecified atom stereocenters. The quantitative estimate of drug-likeness (QED) is 0.673. The van der Waals surface area contributed by atoms with E-state index in [1.54, 1.807) is 0 Å². The standard InChI is InChI=1S/C9H14.2ClH.Zr/c1-4-9-5-7(2)8(3)6-9;;;/h5-7H,4H2,1-3H3;2*1H;/q;;;+2/p-2. The second-order valence-corrected chi connectivity index (χ2v) is 6.58. The molecule has 0 aromatic heterocycles. The van der Waals surface area contributed by atoms with Crippen LogP contribution in [0.5, 0.6) is 0 Å². The summed E-state index contributed by atoms with van der Waals surface area (Å²) in [4.78, 5) is 0. The maximum atomic E-state index is 4.93. The Morgan fingerprint density at radius 1 is 1.50 bits per heavy atom. The van der Waals surface area contributed by atoms with Gasteiger partial charge in [0.25, 0.3) is 0 Å². The van der Waals surface area contributed by atoms with E-state index >= 15 is 0 Å². The number of rotatable bonds is 1. The molecule has 0 bridgehead atoms. The van der Waals surface area contributed by atoms with Crippen LogP contribution in [0.4, 0.5) is 0 Å². The molecular formula is C9H14Cl2Zr. The van der Waals surface area contributed by atoms with Gasteiger partial charge in [-0.25, -0.2) is 0 Å². The summed E-state index contributed by atoms with van der Waals surface area (Å²) in [6.45, 7) is 6.64. The Hall–Kier alpha value is 0.943. The Labute approximate surface area is 93.7 Å². The average Bonchev–Trinajstić information content (AvgIpc) is 2.33. The molecule has 1 atom stereocenters. The normalized spacial score (nSPS) is 20.6. The van der Waals surface area contributed by atoms with Gasteiger partial charge in [-0.3, -0.25) is 0 Å². The zero-order chi connectivity index (χ0) is 9.56. The molecule has 1 aliphatic rings. The average molecular weight is 284 g/mol. The van der Waals surface area contributed by atoms with Crippen molar-refractivity contribution in [2.75, 3.05) is 0 Å². The van der Waals surface area contributed by atoms with Gasteiger partial charge in [0.15, 0.2) is 0 Å². The van der Waals surface area contributed by atoms with Gasteiger partial charge in [0.1, 0.15) is 0 Å². The first kappa shape index (κ1) is 12.9. The van der Waals surface area contributed by atoms with Crippen molar-refractivity contribution >= 4 is 17.0 Å². The van der Waals surface area contributed by atoms with Crippen molar-refractivity contribution in [3.63, 3.8) is 0 Å². The van der Waals surface area contributed by atoms with Crippen LogP contribution in [0.1, 0.15) is 27.2 Å². The molecule has 0 fully saturated rings. The van der Waals surface area contributed by atoms with E-state index < -0.39 is 20.8 Å². The monoisotopic (exact) mass is 282 g/mol. The van der Waals surface area contributed by atoms with Gasteiger partial charge in [-0.1, -0.05) is 37.1 Å². The fourth-order valence-corrected chi connectivity index (χ4v) is 1.14.